The number of hydrogen-bond acceptors (Lipinski definition) is 4. The Kier molecular flexibility index (Phi) is 4.21. The van der Waals surface area contributed by atoms with Crippen molar-refractivity contribution in [3.8, 4) is 11.3 Å². The molecule has 1 aliphatic rings. The molecule has 2 heterocycles. The van der Waals surface area contributed by atoms with Crippen LogP contribution in [0.4, 0.5) is 0 Å². The molecule has 0 bridgehead atoms. The predicted octanol–water partition coefficient (Wildman–Crippen LogP) is 1.73. The van der Waals surface area contributed by atoms with E-state index in [1.807, 2.05) is 37.3 Å². The van der Waals surface area contributed by atoms with E-state index < -0.39 is 9.84 Å². The minimum atomic E-state index is -3.02. The van der Waals surface area contributed by atoms with Crippen LogP contribution >= 0.6 is 0 Å². The van der Waals surface area contributed by atoms with Gasteiger partial charge in [-0.2, -0.15) is 5.10 Å². The number of carbonyl (C=O) groups is 1. The van der Waals surface area contributed by atoms with Gasteiger partial charge in [0.25, 0.3) is 5.91 Å². The van der Waals surface area contributed by atoms with E-state index in [-0.39, 0.29) is 23.5 Å². The highest BCUT2D eigenvalue weighted by atomic mass is 32.2. The molecule has 1 unspecified atom stereocenters. The maximum atomic E-state index is 12.7. The number of H-pyrrole nitrogens is 1. The van der Waals surface area contributed by atoms with Crippen molar-refractivity contribution in [2.24, 2.45) is 0 Å². The standard InChI is InChI=1S/C16H19N3O3S/c1-2-19(13-8-9-23(21,22)11-13)16(20)15-10-14(17-18-15)12-6-4-3-5-7-12/h3-7,10,13H,2,8-9,11H2,1H3,(H,17,18). The summed E-state index contributed by atoms with van der Waals surface area (Å²) in [5.41, 5.74) is 2.01. The lowest BCUT2D eigenvalue weighted by atomic mass is 10.1. The molecule has 1 saturated heterocycles. The van der Waals surface area contributed by atoms with E-state index in [1.165, 1.54) is 0 Å². The lowest BCUT2D eigenvalue weighted by molar-refractivity contribution is 0.0702. The van der Waals surface area contributed by atoms with E-state index in [4.69, 9.17) is 0 Å². The molecule has 6 nitrogen and oxygen atoms in total. The molecule has 1 N–H and O–H groups in total. The van der Waals surface area contributed by atoms with Crippen LogP contribution < -0.4 is 0 Å². The van der Waals surface area contributed by atoms with E-state index in [9.17, 15) is 13.2 Å². The fourth-order valence-electron chi connectivity index (χ4n) is 2.93. The van der Waals surface area contributed by atoms with Crippen molar-refractivity contribution in [1.29, 1.82) is 0 Å². The van der Waals surface area contributed by atoms with Crippen LogP contribution in [0, 0.1) is 0 Å². The van der Waals surface area contributed by atoms with Crippen molar-refractivity contribution >= 4 is 15.7 Å². The van der Waals surface area contributed by atoms with Crippen molar-refractivity contribution in [3.05, 3.63) is 42.1 Å². The summed E-state index contributed by atoms with van der Waals surface area (Å²) in [5.74, 6) is -0.00402. The first kappa shape index (κ1) is 15.7. The highest BCUT2D eigenvalue weighted by Crippen LogP contribution is 2.21. The van der Waals surface area contributed by atoms with Gasteiger partial charge in [-0.3, -0.25) is 9.89 Å². The monoisotopic (exact) mass is 333 g/mol. The lowest BCUT2D eigenvalue weighted by Gasteiger charge is -2.26. The fourth-order valence-corrected chi connectivity index (χ4v) is 4.66. The first-order valence-corrected chi connectivity index (χ1v) is 9.44. The Labute approximate surface area is 135 Å². The highest BCUT2D eigenvalue weighted by molar-refractivity contribution is 7.91. The van der Waals surface area contributed by atoms with E-state index in [2.05, 4.69) is 10.2 Å². The number of aromatic amines is 1. The molecule has 1 aromatic heterocycles. The Morgan fingerprint density at radius 3 is 2.70 bits per heavy atom. The van der Waals surface area contributed by atoms with Crippen molar-refractivity contribution < 1.29 is 13.2 Å². The molecule has 2 aromatic rings. The van der Waals surface area contributed by atoms with Gasteiger partial charge in [-0.25, -0.2) is 8.42 Å². The molecule has 0 radical (unpaired) electrons. The van der Waals surface area contributed by atoms with Gasteiger partial charge in [-0.1, -0.05) is 30.3 Å². The molecule has 1 aliphatic heterocycles. The van der Waals surface area contributed by atoms with Crippen LogP contribution in [0.5, 0.6) is 0 Å². The minimum absolute atomic E-state index is 0.0479. The summed E-state index contributed by atoms with van der Waals surface area (Å²) < 4.78 is 23.3. The number of benzene rings is 1. The molecule has 1 fully saturated rings. The predicted molar refractivity (Wildman–Crippen MR) is 87.8 cm³/mol. The van der Waals surface area contributed by atoms with Crippen molar-refractivity contribution in [2.75, 3.05) is 18.1 Å². The fraction of sp³-hybridized carbons (Fsp3) is 0.375. The maximum Gasteiger partial charge on any atom is 0.272 e. The lowest BCUT2D eigenvalue weighted by Crippen LogP contribution is -2.41. The summed E-state index contributed by atoms with van der Waals surface area (Å²) in [6.45, 7) is 2.33. The van der Waals surface area contributed by atoms with Crippen LogP contribution in [0.15, 0.2) is 36.4 Å². The summed E-state index contributed by atoms with van der Waals surface area (Å²) in [6, 6.07) is 11.0. The van der Waals surface area contributed by atoms with Gasteiger partial charge >= 0.3 is 0 Å². The topological polar surface area (TPSA) is 83.1 Å². The zero-order valence-corrected chi connectivity index (χ0v) is 13.7. The molecular formula is C16H19N3O3S. The number of aromatic nitrogens is 2. The van der Waals surface area contributed by atoms with Crippen molar-refractivity contribution in [1.82, 2.24) is 15.1 Å². The van der Waals surface area contributed by atoms with E-state index in [1.54, 1.807) is 11.0 Å². The summed E-state index contributed by atoms with van der Waals surface area (Å²) in [4.78, 5) is 14.3. The third kappa shape index (κ3) is 3.29. The number of amides is 1. The molecule has 122 valence electrons. The number of sulfone groups is 1. The van der Waals surface area contributed by atoms with Gasteiger partial charge in [0.1, 0.15) is 5.69 Å². The minimum Gasteiger partial charge on any atom is -0.334 e. The average Bonchev–Trinajstić information content (AvgIpc) is 3.16. The Balaban J connectivity index is 1.81. The van der Waals surface area contributed by atoms with Gasteiger partial charge < -0.3 is 4.90 Å². The van der Waals surface area contributed by atoms with Crippen molar-refractivity contribution in [3.63, 3.8) is 0 Å². The molecule has 23 heavy (non-hydrogen) atoms. The van der Waals surface area contributed by atoms with Gasteiger partial charge in [0.05, 0.1) is 17.2 Å². The van der Waals surface area contributed by atoms with E-state index in [0.717, 1.165) is 5.56 Å². The van der Waals surface area contributed by atoms with Gasteiger partial charge in [-0.05, 0) is 19.4 Å². The van der Waals surface area contributed by atoms with Crippen LogP contribution in [0.25, 0.3) is 11.3 Å². The number of hydrogen-bond donors (Lipinski definition) is 1. The molecular weight excluding hydrogens is 314 g/mol. The van der Waals surface area contributed by atoms with Crippen LogP contribution in [0.2, 0.25) is 0 Å². The molecule has 3 rings (SSSR count). The highest BCUT2D eigenvalue weighted by Gasteiger charge is 2.34. The second-order valence-electron chi connectivity index (χ2n) is 5.68. The normalized spacial score (nSPS) is 19.6. The summed E-state index contributed by atoms with van der Waals surface area (Å²) in [6.07, 6.45) is 0.502. The number of nitrogens with one attached hydrogen (secondary N) is 1. The van der Waals surface area contributed by atoms with Crippen LogP contribution in [0.1, 0.15) is 23.8 Å². The van der Waals surface area contributed by atoms with Crippen molar-refractivity contribution in [2.45, 2.75) is 19.4 Å². The second-order valence-corrected chi connectivity index (χ2v) is 7.91. The molecule has 1 aromatic carbocycles. The summed E-state index contributed by atoms with van der Waals surface area (Å²) in [5, 5.41) is 6.96. The average molecular weight is 333 g/mol. The smallest absolute Gasteiger partial charge is 0.272 e. The largest absolute Gasteiger partial charge is 0.334 e. The first-order chi connectivity index (χ1) is 11.0. The van der Waals surface area contributed by atoms with Gasteiger partial charge in [0.2, 0.25) is 0 Å². The quantitative estimate of drug-likeness (QED) is 0.923. The van der Waals surface area contributed by atoms with Gasteiger partial charge in [0.15, 0.2) is 9.84 Å². The first-order valence-electron chi connectivity index (χ1n) is 7.62. The van der Waals surface area contributed by atoms with Crippen LogP contribution in [-0.2, 0) is 9.84 Å². The molecule has 1 amide bonds. The third-order valence-corrected chi connectivity index (χ3v) is 5.88. The van der Waals surface area contributed by atoms with Crippen LogP contribution in [0.3, 0.4) is 0 Å². The zero-order chi connectivity index (χ0) is 16.4. The number of rotatable bonds is 4. The molecule has 0 aliphatic carbocycles. The molecule has 0 saturated carbocycles. The SMILES string of the molecule is CCN(C(=O)c1cc(-c2ccccc2)n[nH]1)C1CCS(=O)(=O)C1. The number of carbonyl (C=O) groups excluding carboxylic acids is 1. The number of nitrogens with zero attached hydrogens (tertiary/aromatic N) is 2. The Morgan fingerprint density at radius 2 is 2.09 bits per heavy atom. The Morgan fingerprint density at radius 1 is 1.35 bits per heavy atom. The van der Waals surface area contributed by atoms with Gasteiger partial charge in [-0.15, -0.1) is 0 Å². The maximum absolute atomic E-state index is 12.7. The third-order valence-electron chi connectivity index (χ3n) is 4.13. The summed E-state index contributed by atoms with van der Waals surface area (Å²) in [7, 11) is -3.02. The van der Waals surface area contributed by atoms with E-state index >= 15 is 0 Å². The van der Waals surface area contributed by atoms with Crippen LogP contribution in [-0.4, -0.2) is 53.5 Å². The van der Waals surface area contributed by atoms with Gasteiger partial charge in [0, 0.05) is 18.2 Å². The zero-order valence-electron chi connectivity index (χ0n) is 12.9. The molecule has 1 atom stereocenters. The Hall–Kier alpha value is -2.15. The molecule has 0 spiro atoms. The summed E-state index contributed by atoms with van der Waals surface area (Å²) >= 11 is 0. The second kappa shape index (κ2) is 6.16. The Bertz CT molecular complexity index is 799. The molecule has 7 heteroatoms. The van der Waals surface area contributed by atoms with E-state index in [0.29, 0.717) is 24.4 Å².